The lowest BCUT2D eigenvalue weighted by Crippen LogP contribution is -2.22. The Morgan fingerprint density at radius 3 is 3.07 bits per heavy atom. The van der Waals surface area contributed by atoms with E-state index in [0.717, 1.165) is 19.4 Å². The summed E-state index contributed by atoms with van der Waals surface area (Å²) in [4.78, 5) is 0. The highest BCUT2D eigenvalue weighted by Crippen LogP contribution is 2.29. The molecule has 3 rings (SSSR count). The van der Waals surface area contributed by atoms with Gasteiger partial charge in [0.2, 0.25) is 0 Å². The van der Waals surface area contributed by atoms with Crippen molar-refractivity contribution in [3.8, 4) is 0 Å². The summed E-state index contributed by atoms with van der Waals surface area (Å²) >= 11 is 0. The van der Waals surface area contributed by atoms with Gasteiger partial charge in [0.25, 0.3) is 0 Å². The number of fused-ring (bicyclic) bond motifs is 1. The van der Waals surface area contributed by atoms with Crippen LogP contribution < -0.4 is 5.32 Å². The van der Waals surface area contributed by atoms with Gasteiger partial charge in [0.05, 0.1) is 6.10 Å². The molecule has 2 heterocycles. The van der Waals surface area contributed by atoms with E-state index in [9.17, 15) is 0 Å². The number of para-hydroxylation sites is 1. The summed E-state index contributed by atoms with van der Waals surface area (Å²) in [5.41, 5.74) is 2.78. The van der Waals surface area contributed by atoms with E-state index in [2.05, 4.69) is 29.6 Å². The maximum absolute atomic E-state index is 5.67. The van der Waals surface area contributed by atoms with Crippen LogP contribution in [0.15, 0.2) is 24.3 Å². The second-order valence-electron chi connectivity index (χ2n) is 4.57. The van der Waals surface area contributed by atoms with Gasteiger partial charge in [-0.2, -0.15) is 0 Å². The summed E-state index contributed by atoms with van der Waals surface area (Å²) in [6, 6.07) is 9.20. The molecule has 80 valence electrons. The van der Waals surface area contributed by atoms with Crippen molar-refractivity contribution in [3.05, 3.63) is 29.8 Å². The third-order valence-electron chi connectivity index (χ3n) is 3.41. The molecule has 2 atom stereocenters. The fourth-order valence-electron chi connectivity index (χ4n) is 2.67. The first kappa shape index (κ1) is 9.22. The first-order chi connectivity index (χ1) is 7.42. The zero-order valence-corrected chi connectivity index (χ0v) is 8.91. The van der Waals surface area contributed by atoms with Crippen LogP contribution >= 0.6 is 0 Å². The van der Waals surface area contributed by atoms with E-state index in [4.69, 9.17) is 4.74 Å². The highest BCUT2D eigenvalue weighted by atomic mass is 16.5. The summed E-state index contributed by atoms with van der Waals surface area (Å²) in [6.07, 6.45) is 5.31. The molecular formula is C13H17NO. The van der Waals surface area contributed by atoms with Crippen LogP contribution in [0.2, 0.25) is 0 Å². The molecule has 2 nitrogen and oxygen atoms in total. The zero-order valence-electron chi connectivity index (χ0n) is 8.91. The lowest BCUT2D eigenvalue weighted by atomic mass is 10.0. The Morgan fingerprint density at radius 2 is 2.27 bits per heavy atom. The summed E-state index contributed by atoms with van der Waals surface area (Å²) in [6.45, 7) is 0.963. The van der Waals surface area contributed by atoms with Crippen LogP contribution in [-0.2, 0) is 11.2 Å². The lowest BCUT2D eigenvalue weighted by molar-refractivity contribution is 0.100. The number of ether oxygens (including phenoxy) is 1. The number of hydrogen-bond donors (Lipinski definition) is 1. The molecule has 0 aliphatic carbocycles. The fourth-order valence-corrected chi connectivity index (χ4v) is 2.67. The first-order valence-electron chi connectivity index (χ1n) is 5.88. The average Bonchev–Trinajstić information content (AvgIpc) is 2.86. The van der Waals surface area contributed by atoms with Gasteiger partial charge in [-0.25, -0.2) is 0 Å². The van der Waals surface area contributed by atoms with E-state index in [1.807, 2.05) is 0 Å². The van der Waals surface area contributed by atoms with E-state index in [1.165, 1.54) is 24.1 Å². The number of anilines is 1. The molecule has 0 bridgehead atoms. The first-order valence-corrected chi connectivity index (χ1v) is 5.88. The van der Waals surface area contributed by atoms with Crippen LogP contribution in [0, 0.1) is 0 Å². The largest absolute Gasteiger partial charge is 0.382 e. The third kappa shape index (κ3) is 1.86. The van der Waals surface area contributed by atoms with Crippen LogP contribution in [0.5, 0.6) is 0 Å². The fraction of sp³-hybridized carbons (Fsp3) is 0.538. The van der Waals surface area contributed by atoms with Gasteiger partial charge in [-0.1, -0.05) is 18.2 Å². The topological polar surface area (TPSA) is 21.3 Å². The van der Waals surface area contributed by atoms with E-state index >= 15 is 0 Å². The minimum atomic E-state index is 0.497. The molecule has 2 aliphatic heterocycles. The maximum atomic E-state index is 5.67. The summed E-state index contributed by atoms with van der Waals surface area (Å²) in [5.74, 6) is 0. The van der Waals surface area contributed by atoms with Crippen molar-refractivity contribution in [2.75, 3.05) is 11.9 Å². The van der Waals surface area contributed by atoms with Crippen LogP contribution in [0.25, 0.3) is 0 Å². The Labute approximate surface area is 90.6 Å². The minimum absolute atomic E-state index is 0.497. The van der Waals surface area contributed by atoms with E-state index in [0.29, 0.717) is 12.1 Å². The van der Waals surface area contributed by atoms with E-state index in [1.54, 1.807) is 0 Å². The molecule has 0 radical (unpaired) electrons. The summed E-state index contributed by atoms with van der Waals surface area (Å²) in [5, 5.41) is 3.58. The van der Waals surface area contributed by atoms with E-state index < -0.39 is 0 Å². The molecule has 1 aromatic carbocycles. The molecule has 0 saturated carbocycles. The molecule has 0 aromatic heterocycles. The summed E-state index contributed by atoms with van der Waals surface area (Å²) in [7, 11) is 0. The molecule has 0 amide bonds. The zero-order chi connectivity index (χ0) is 10.1. The van der Waals surface area contributed by atoms with Crippen molar-refractivity contribution >= 4 is 5.69 Å². The van der Waals surface area contributed by atoms with Crippen LogP contribution in [0.1, 0.15) is 24.8 Å². The van der Waals surface area contributed by atoms with Gasteiger partial charge in [0, 0.05) is 18.3 Å². The monoisotopic (exact) mass is 203 g/mol. The van der Waals surface area contributed by atoms with Crippen molar-refractivity contribution in [3.63, 3.8) is 0 Å². The molecule has 2 aliphatic rings. The Morgan fingerprint density at radius 1 is 1.33 bits per heavy atom. The predicted molar refractivity (Wildman–Crippen MR) is 61.1 cm³/mol. The normalized spacial score (nSPS) is 28.8. The highest BCUT2D eigenvalue weighted by molar-refractivity contribution is 5.56. The molecule has 1 aromatic rings. The standard InChI is InChI=1S/C13H17NO/c1-2-6-13-10(4-1)8-11(14-13)9-12-5-3-7-15-12/h1-2,4,6,11-12,14H,3,5,7-9H2. The lowest BCUT2D eigenvalue weighted by Gasteiger charge is -2.15. The molecule has 2 heteroatoms. The van der Waals surface area contributed by atoms with Gasteiger partial charge in [0.15, 0.2) is 0 Å². The maximum Gasteiger partial charge on any atom is 0.0595 e. The molecular weight excluding hydrogens is 186 g/mol. The summed E-state index contributed by atoms with van der Waals surface area (Å²) < 4.78 is 5.67. The predicted octanol–water partition coefficient (Wildman–Crippen LogP) is 2.59. The van der Waals surface area contributed by atoms with E-state index in [-0.39, 0.29) is 0 Å². The molecule has 2 unspecified atom stereocenters. The number of benzene rings is 1. The Kier molecular flexibility index (Phi) is 2.37. The molecule has 1 fully saturated rings. The van der Waals surface area contributed by atoms with Gasteiger partial charge in [-0.15, -0.1) is 0 Å². The molecule has 1 saturated heterocycles. The molecule has 1 N–H and O–H groups in total. The Bertz CT molecular complexity index is 319. The third-order valence-corrected chi connectivity index (χ3v) is 3.41. The van der Waals surface area contributed by atoms with Crippen molar-refractivity contribution in [1.82, 2.24) is 0 Å². The SMILES string of the molecule is c1ccc2c(c1)CC(CC1CCCO1)N2. The van der Waals surface area contributed by atoms with Gasteiger partial charge in [-0.3, -0.25) is 0 Å². The average molecular weight is 203 g/mol. The van der Waals surface area contributed by atoms with Crippen LogP contribution in [-0.4, -0.2) is 18.8 Å². The second kappa shape index (κ2) is 3.86. The second-order valence-corrected chi connectivity index (χ2v) is 4.57. The number of hydrogen-bond acceptors (Lipinski definition) is 2. The van der Waals surface area contributed by atoms with Crippen molar-refractivity contribution in [2.24, 2.45) is 0 Å². The van der Waals surface area contributed by atoms with Crippen LogP contribution in [0.4, 0.5) is 5.69 Å². The minimum Gasteiger partial charge on any atom is -0.382 e. The van der Waals surface area contributed by atoms with Gasteiger partial charge in [0.1, 0.15) is 0 Å². The quantitative estimate of drug-likeness (QED) is 0.797. The van der Waals surface area contributed by atoms with Gasteiger partial charge < -0.3 is 10.1 Å². The molecule has 15 heavy (non-hydrogen) atoms. The molecule has 0 spiro atoms. The van der Waals surface area contributed by atoms with Crippen LogP contribution in [0.3, 0.4) is 0 Å². The Hall–Kier alpha value is -1.02. The van der Waals surface area contributed by atoms with Gasteiger partial charge >= 0.3 is 0 Å². The number of rotatable bonds is 2. The van der Waals surface area contributed by atoms with Crippen molar-refractivity contribution in [2.45, 2.75) is 37.8 Å². The Balaban J connectivity index is 1.63. The number of nitrogens with one attached hydrogen (secondary N) is 1. The highest BCUT2D eigenvalue weighted by Gasteiger charge is 2.25. The smallest absolute Gasteiger partial charge is 0.0595 e. The van der Waals surface area contributed by atoms with Crippen molar-refractivity contribution in [1.29, 1.82) is 0 Å². The van der Waals surface area contributed by atoms with Crippen molar-refractivity contribution < 1.29 is 4.74 Å². The van der Waals surface area contributed by atoms with Gasteiger partial charge in [-0.05, 0) is 37.3 Å².